The van der Waals surface area contributed by atoms with E-state index >= 15 is 0 Å². The van der Waals surface area contributed by atoms with Crippen LogP contribution in [0.2, 0.25) is 0 Å². The zero-order chi connectivity index (χ0) is 21.3. The molecule has 1 aromatic heterocycles. The number of ether oxygens (including phenoxy) is 2. The molecule has 0 atom stereocenters. The lowest BCUT2D eigenvalue weighted by Gasteiger charge is -2.30. The van der Waals surface area contributed by atoms with Crippen LogP contribution in [-0.2, 0) is 9.59 Å². The van der Waals surface area contributed by atoms with Crippen LogP contribution < -0.4 is 14.8 Å². The van der Waals surface area contributed by atoms with E-state index in [4.69, 9.17) is 9.47 Å². The first kappa shape index (κ1) is 21.4. The number of carbonyl (C=O) groups excluding carboxylic acids is 2. The lowest BCUT2D eigenvalue weighted by Crippen LogP contribution is -2.40. The van der Waals surface area contributed by atoms with Crippen molar-refractivity contribution >= 4 is 23.7 Å². The molecule has 1 aromatic carbocycles. The van der Waals surface area contributed by atoms with E-state index in [1.165, 1.54) is 0 Å². The third-order valence-corrected chi connectivity index (χ3v) is 5.00. The largest absolute Gasteiger partial charge is 0.493 e. The molecule has 7 heteroatoms. The number of nitrogens with zero attached hydrogens (tertiary/aromatic N) is 2. The molecule has 0 saturated carbocycles. The fourth-order valence-corrected chi connectivity index (χ4v) is 3.37. The number of likely N-dealkylation sites (tertiary alicyclic amines) is 1. The first-order valence-corrected chi connectivity index (χ1v) is 10.1. The molecule has 1 fully saturated rings. The Bertz CT molecular complexity index is 891. The van der Waals surface area contributed by atoms with Crippen molar-refractivity contribution < 1.29 is 19.1 Å². The monoisotopic (exact) mass is 409 g/mol. The molecule has 1 saturated heterocycles. The topological polar surface area (TPSA) is 80.8 Å². The zero-order valence-corrected chi connectivity index (χ0v) is 17.3. The molecule has 0 aliphatic carbocycles. The molecule has 1 aliphatic rings. The maximum Gasteiger partial charge on any atom is 0.246 e. The SMILES string of the molecule is CCOc1cc(C=CC(=O)N2CCC(C(=O)Nc3ccccn3)CC2)ccc1OC. The summed E-state index contributed by atoms with van der Waals surface area (Å²) in [6.45, 7) is 3.55. The molecule has 0 radical (unpaired) electrons. The van der Waals surface area contributed by atoms with Gasteiger partial charge in [0.1, 0.15) is 5.82 Å². The molecule has 158 valence electrons. The number of hydrogen-bond acceptors (Lipinski definition) is 5. The number of rotatable bonds is 7. The smallest absolute Gasteiger partial charge is 0.246 e. The van der Waals surface area contributed by atoms with Crippen LogP contribution in [-0.4, -0.2) is 48.5 Å². The van der Waals surface area contributed by atoms with Gasteiger partial charge in [0.2, 0.25) is 11.8 Å². The maximum atomic E-state index is 12.5. The first-order chi connectivity index (χ1) is 14.6. The van der Waals surface area contributed by atoms with E-state index < -0.39 is 0 Å². The predicted molar refractivity (Wildman–Crippen MR) is 115 cm³/mol. The normalized spacial score (nSPS) is 14.5. The highest BCUT2D eigenvalue weighted by Crippen LogP contribution is 2.28. The van der Waals surface area contributed by atoms with Crippen LogP contribution in [0, 0.1) is 5.92 Å². The Balaban J connectivity index is 1.52. The van der Waals surface area contributed by atoms with Crippen LogP contribution in [0.5, 0.6) is 11.5 Å². The van der Waals surface area contributed by atoms with Gasteiger partial charge in [0.15, 0.2) is 11.5 Å². The second-order valence-corrected chi connectivity index (χ2v) is 6.98. The highest BCUT2D eigenvalue weighted by Gasteiger charge is 2.26. The molecule has 7 nitrogen and oxygen atoms in total. The Morgan fingerprint density at radius 2 is 2.00 bits per heavy atom. The van der Waals surface area contributed by atoms with Gasteiger partial charge in [-0.2, -0.15) is 0 Å². The number of benzene rings is 1. The van der Waals surface area contributed by atoms with E-state index in [-0.39, 0.29) is 17.7 Å². The van der Waals surface area contributed by atoms with Gasteiger partial charge in [0.25, 0.3) is 0 Å². The van der Waals surface area contributed by atoms with Crippen molar-refractivity contribution in [3.05, 3.63) is 54.2 Å². The average Bonchev–Trinajstić information content (AvgIpc) is 2.78. The van der Waals surface area contributed by atoms with E-state index in [0.717, 1.165) is 5.56 Å². The summed E-state index contributed by atoms with van der Waals surface area (Å²) in [5.41, 5.74) is 0.859. The lowest BCUT2D eigenvalue weighted by atomic mass is 9.96. The Labute approximate surface area is 176 Å². The summed E-state index contributed by atoms with van der Waals surface area (Å²) in [4.78, 5) is 30.8. The number of anilines is 1. The summed E-state index contributed by atoms with van der Waals surface area (Å²) in [5, 5.41) is 2.84. The summed E-state index contributed by atoms with van der Waals surface area (Å²) in [6, 6.07) is 10.9. The fourth-order valence-electron chi connectivity index (χ4n) is 3.37. The zero-order valence-electron chi connectivity index (χ0n) is 17.3. The maximum absolute atomic E-state index is 12.5. The second kappa shape index (κ2) is 10.4. The van der Waals surface area contributed by atoms with Crippen LogP contribution in [0.3, 0.4) is 0 Å². The predicted octanol–water partition coefficient (Wildman–Crippen LogP) is 3.38. The molecule has 1 N–H and O–H groups in total. The van der Waals surface area contributed by atoms with E-state index in [9.17, 15) is 9.59 Å². The quantitative estimate of drug-likeness (QED) is 0.709. The number of nitrogens with one attached hydrogen (secondary N) is 1. The molecular weight excluding hydrogens is 382 g/mol. The minimum Gasteiger partial charge on any atom is -0.493 e. The van der Waals surface area contributed by atoms with Crippen molar-refractivity contribution in [3.8, 4) is 11.5 Å². The molecule has 0 unspecified atom stereocenters. The van der Waals surface area contributed by atoms with Crippen molar-refractivity contribution in [2.45, 2.75) is 19.8 Å². The minimum atomic E-state index is -0.115. The van der Waals surface area contributed by atoms with Crippen LogP contribution in [0.4, 0.5) is 5.82 Å². The van der Waals surface area contributed by atoms with Gasteiger partial charge in [-0.25, -0.2) is 4.98 Å². The average molecular weight is 409 g/mol. The van der Waals surface area contributed by atoms with E-state index in [1.807, 2.05) is 31.2 Å². The van der Waals surface area contributed by atoms with E-state index in [1.54, 1.807) is 42.5 Å². The van der Waals surface area contributed by atoms with Crippen molar-refractivity contribution in [1.82, 2.24) is 9.88 Å². The number of carbonyl (C=O) groups is 2. The van der Waals surface area contributed by atoms with E-state index in [2.05, 4.69) is 10.3 Å². The Hall–Kier alpha value is -3.35. The lowest BCUT2D eigenvalue weighted by molar-refractivity contribution is -0.130. The summed E-state index contributed by atoms with van der Waals surface area (Å²) in [7, 11) is 1.59. The second-order valence-electron chi connectivity index (χ2n) is 6.98. The molecular formula is C23H27N3O4. The fraction of sp³-hybridized carbons (Fsp3) is 0.348. The van der Waals surface area contributed by atoms with Gasteiger partial charge in [0.05, 0.1) is 13.7 Å². The first-order valence-electron chi connectivity index (χ1n) is 10.1. The molecule has 1 aliphatic heterocycles. The van der Waals surface area contributed by atoms with Gasteiger partial charge in [-0.15, -0.1) is 0 Å². The Morgan fingerprint density at radius 1 is 1.20 bits per heavy atom. The van der Waals surface area contributed by atoms with Gasteiger partial charge in [-0.3, -0.25) is 9.59 Å². The van der Waals surface area contributed by atoms with Gasteiger partial charge in [-0.05, 0) is 55.7 Å². The van der Waals surface area contributed by atoms with Crippen molar-refractivity contribution in [1.29, 1.82) is 0 Å². The van der Waals surface area contributed by atoms with Crippen LogP contribution >= 0.6 is 0 Å². The van der Waals surface area contributed by atoms with Gasteiger partial charge >= 0.3 is 0 Å². The number of pyridine rings is 1. The molecule has 3 rings (SSSR count). The van der Waals surface area contributed by atoms with Crippen molar-refractivity contribution in [2.24, 2.45) is 5.92 Å². The van der Waals surface area contributed by atoms with E-state index in [0.29, 0.717) is 49.9 Å². The summed E-state index contributed by atoms with van der Waals surface area (Å²) >= 11 is 0. The molecule has 2 heterocycles. The number of aromatic nitrogens is 1. The number of hydrogen-bond donors (Lipinski definition) is 1. The third kappa shape index (κ3) is 5.59. The summed E-state index contributed by atoms with van der Waals surface area (Å²) in [5.74, 6) is 1.64. The Morgan fingerprint density at radius 3 is 2.67 bits per heavy atom. The summed E-state index contributed by atoms with van der Waals surface area (Å²) < 4.78 is 10.9. The summed E-state index contributed by atoms with van der Waals surface area (Å²) in [6.07, 6.45) is 6.24. The number of amides is 2. The molecule has 0 bridgehead atoms. The molecule has 2 aromatic rings. The van der Waals surface area contributed by atoms with Crippen LogP contribution in [0.1, 0.15) is 25.3 Å². The van der Waals surface area contributed by atoms with Crippen molar-refractivity contribution in [2.75, 3.05) is 32.1 Å². The number of methoxy groups -OCH3 is 1. The third-order valence-electron chi connectivity index (χ3n) is 5.00. The highest BCUT2D eigenvalue weighted by atomic mass is 16.5. The molecule has 0 spiro atoms. The van der Waals surface area contributed by atoms with Gasteiger partial charge in [-0.1, -0.05) is 12.1 Å². The van der Waals surface area contributed by atoms with Crippen LogP contribution in [0.25, 0.3) is 6.08 Å². The number of piperidine rings is 1. The molecule has 30 heavy (non-hydrogen) atoms. The minimum absolute atomic E-state index is 0.0435. The van der Waals surface area contributed by atoms with Gasteiger partial charge in [0, 0.05) is 31.3 Å². The standard InChI is InChI=1S/C23H27N3O4/c1-3-30-20-16-17(7-9-19(20)29-2)8-10-22(27)26-14-11-18(12-15-26)23(28)25-21-6-4-5-13-24-21/h4-10,13,16,18H,3,11-12,14-15H2,1-2H3,(H,24,25,28). The van der Waals surface area contributed by atoms with Gasteiger partial charge < -0.3 is 19.7 Å². The van der Waals surface area contributed by atoms with Crippen LogP contribution in [0.15, 0.2) is 48.7 Å². The highest BCUT2D eigenvalue weighted by molar-refractivity contribution is 5.93. The van der Waals surface area contributed by atoms with Crippen molar-refractivity contribution in [3.63, 3.8) is 0 Å². The molecule has 2 amide bonds. The Kier molecular flexibility index (Phi) is 7.43.